The number of carbonyl (C=O) groups excluding carboxylic acids is 1. The highest BCUT2D eigenvalue weighted by Crippen LogP contribution is 2.08. The Kier molecular flexibility index (Phi) is 4.90. The zero-order chi connectivity index (χ0) is 10.4. The van der Waals surface area contributed by atoms with Crippen LogP contribution in [0.4, 0.5) is 0 Å². The van der Waals surface area contributed by atoms with Crippen LogP contribution in [-0.4, -0.2) is 43.0 Å². The van der Waals surface area contributed by atoms with Crippen molar-refractivity contribution >= 4 is 5.91 Å². The van der Waals surface area contributed by atoms with Gasteiger partial charge in [-0.3, -0.25) is 9.69 Å². The highest BCUT2D eigenvalue weighted by atomic mass is 16.1. The van der Waals surface area contributed by atoms with Gasteiger partial charge in [-0.25, -0.2) is 0 Å². The van der Waals surface area contributed by atoms with Gasteiger partial charge in [-0.1, -0.05) is 13.3 Å². The molecule has 4 nitrogen and oxygen atoms in total. The predicted molar refractivity (Wildman–Crippen MR) is 57.0 cm³/mol. The summed E-state index contributed by atoms with van der Waals surface area (Å²) in [6.45, 7) is 6.03. The highest BCUT2D eigenvalue weighted by Gasteiger charge is 2.23. The fourth-order valence-electron chi connectivity index (χ4n) is 1.96. The van der Waals surface area contributed by atoms with Crippen LogP contribution in [0.2, 0.25) is 0 Å². The Balaban J connectivity index is 2.51. The third-order valence-corrected chi connectivity index (χ3v) is 2.71. The van der Waals surface area contributed by atoms with Gasteiger partial charge < -0.3 is 11.1 Å². The van der Waals surface area contributed by atoms with Crippen molar-refractivity contribution < 1.29 is 4.79 Å². The predicted octanol–water partition coefficient (Wildman–Crippen LogP) is -0.0643. The van der Waals surface area contributed by atoms with Gasteiger partial charge in [-0.05, 0) is 19.4 Å². The van der Waals surface area contributed by atoms with E-state index in [-0.39, 0.29) is 11.9 Å². The summed E-state index contributed by atoms with van der Waals surface area (Å²) in [6, 6.07) is -0.0556. The standard InChI is InChI=1S/C10H21N3O/c1-2-4-9(10(11)14)13-7-3-5-12-6-8-13/h9,12H,2-8H2,1H3,(H2,11,14). The molecule has 0 aliphatic carbocycles. The van der Waals surface area contributed by atoms with Crippen molar-refractivity contribution in [2.24, 2.45) is 5.73 Å². The van der Waals surface area contributed by atoms with Crippen molar-refractivity contribution in [3.05, 3.63) is 0 Å². The summed E-state index contributed by atoms with van der Waals surface area (Å²) in [4.78, 5) is 13.5. The van der Waals surface area contributed by atoms with Crippen molar-refractivity contribution in [1.29, 1.82) is 0 Å². The smallest absolute Gasteiger partial charge is 0.234 e. The Morgan fingerprint density at radius 1 is 1.50 bits per heavy atom. The number of amides is 1. The maximum atomic E-state index is 11.3. The molecule has 1 aliphatic heterocycles. The van der Waals surface area contributed by atoms with Crippen LogP contribution < -0.4 is 11.1 Å². The number of carbonyl (C=O) groups is 1. The van der Waals surface area contributed by atoms with Crippen LogP contribution in [0, 0.1) is 0 Å². The van der Waals surface area contributed by atoms with Gasteiger partial charge >= 0.3 is 0 Å². The topological polar surface area (TPSA) is 58.4 Å². The van der Waals surface area contributed by atoms with E-state index in [0.29, 0.717) is 0 Å². The monoisotopic (exact) mass is 199 g/mol. The van der Waals surface area contributed by atoms with E-state index in [9.17, 15) is 4.79 Å². The molecule has 0 saturated carbocycles. The molecule has 0 radical (unpaired) electrons. The molecule has 3 N–H and O–H groups in total. The summed E-state index contributed by atoms with van der Waals surface area (Å²) in [5, 5.41) is 3.32. The SMILES string of the molecule is CCCC(C(N)=O)N1CCCNCC1. The summed E-state index contributed by atoms with van der Waals surface area (Å²) >= 11 is 0. The summed E-state index contributed by atoms with van der Waals surface area (Å²) < 4.78 is 0. The molecule has 0 bridgehead atoms. The van der Waals surface area contributed by atoms with Crippen LogP contribution in [0.1, 0.15) is 26.2 Å². The van der Waals surface area contributed by atoms with Gasteiger partial charge in [-0.2, -0.15) is 0 Å². The summed E-state index contributed by atoms with van der Waals surface area (Å²) in [5.74, 6) is -0.172. The summed E-state index contributed by atoms with van der Waals surface area (Å²) in [6.07, 6.45) is 3.00. The van der Waals surface area contributed by atoms with Crippen molar-refractivity contribution in [2.75, 3.05) is 26.2 Å². The number of nitrogens with two attached hydrogens (primary N) is 1. The molecule has 1 heterocycles. The molecule has 1 aliphatic rings. The third-order valence-electron chi connectivity index (χ3n) is 2.71. The van der Waals surface area contributed by atoms with Crippen molar-refractivity contribution in [3.63, 3.8) is 0 Å². The minimum atomic E-state index is -0.172. The highest BCUT2D eigenvalue weighted by molar-refractivity contribution is 5.79. The first kappa shape index (κ1) is 11.5. The molecule has 1 rings (SSSR count). The lowest BCUT2D eigenvalue weighted by molar-refractivity contribution is -0.123. The van der Waals surface area contributed by atoms with Gasteiger partial charge in [0, 0.05) is 19.6 Å². The van der Waals surface area contributed by atoms with E-state index < -0.39 is 0 Å². The molecule has 82 valence electrons. The molecular formula is C10H21N3O. The van der Waals surface area contributed by atoms with E-state index in [4.69, 9.17) is 5.73 Å². The molecule has 1 amide bonds. The van der Waals surface area contributed by atoms with Crippen LogP contribution in [0.3, 0.4) is 0 Å². The van der Waals surface area contributed by atoms with E-state index in [2.05, 4.69) is 17.1 Å². The largest absolute Gasteiger partial charge is 0.368 e. The quantitative estimate of drug-likeness (QED) is 0.666. The fourth-order valence-corrected chi connectivity index (χ4v) is 1.96. The van der Waals surface area contributed by atoms with Gasteiger partial charge in [0.05, 0.1) is 6.04 Å². The molecule has 0 aromatic heterocycles. The van der Waals surface area contributed by atoms with E-state index in [1.165, 1.54) is 0 Å². The van der Waals surface area contributed by atoms with Gasteiger partial charge in [-0.15, -0.1) is 0 Å². The molecule has 1 atom stereocenters. The van der Waals surface area contributed by atoms with Gasteiger partial charge in [0.25, 0.3) is 0 Å². The second kappa shape index (κ2) is 5.98. The van der Waals surface area contributed by atoms with Crippen LogP contribution >= 0.6 is 0 Å². The zero-order valence-corrected chi connectivity index (χ0v) is 8.96. The van der Waals surface area contributed by atoms with Crippen LogP contribution in [-0.2, 0) is 4.79 Å². The number of hydrogen-bond donors (Lipinski definition) is 2. The molecule has 1 fully saturated rings. The second-order valence-electron chi connectivity index (χ2n) is 3.85. The van der Waals surface area contributed by atoms with Gasteiger partial charge in [0.2, 0.25) is 5.91 Å². The Labute approximate surface area is 85.8 Å². The first-order valence-electron chi connectivity index (χ1n) is 5.49. The van der Waals surface area contributed by atoms with Gasteiger partial charge in [0.15, 0.2) is 0 Å². The lowest BCUT2D eigenvalue weighted by Gasteiger charge is -2.27. The lowest BCUT2D eigenvalue weighted by Crippen LogP contribution is -2.46. The fraction of sp³-hybridized carbons (Fsp3) is 0.900. The zero-order valence-electron chi connectivity index (χ0n) is 8.96. The maximum Gasteiger partial charge on any atom is 0.234 e. The average Bonchev–Trinajstić information content (AvgIpc) is 2.41. The molecule has 0 aromatic rings. The molecule has 4 heteroatoms. The molecule has 1 unspecified atom stereocenters. The van der Waals surface area contributed by atoms with E-state index in [0.717, 1.165) is 45.4 Å². The lowest BCUT2D eigenvalue weighted by atomic mass is 10.1. The Morgan fingerprint density at radius 3 is 2.93 bits per heavy atom. The van der Waals surface area contributed by atoms with Crippen LogP contribution in [0.5, 0.6) is 0 Å². The first-order valence-corrected chi connectivity index (χ1v) is 5.49. The molecule has 14 heavy (non-hydrogen) atoms. The Bertz CT molecular complexity index is 176. The third kappa shape index (κ3) is 3.27. The number of rotatable bonds is 4. The Morgan fingerprint density at radius 2 is 2.29 bits per heavy atom. The molecule has 1 saturated heterocycles. The average molecular weight is 199 g/mol. The van der Waals surface area contributed by atoms with E-state index in [1.54, 1.807) is 0 Å². The van der Waals surface area contributed by atoms with Gasteiger partial charge in [0.1, 0.15) is 0 Å². The maximum absolute atomic E-state index is 11.3. The number of nitrogens with zero attached hydrogens (tertiary/aromatic N) is 1. The second-order valence-corrected chi connectivity index (χ2v) is 3.85. The number of primary amides is 1. The number of nitrogens with one attached hydrogen (secondary N) is 1. The van der Waals surface area contributed by atoms with Crippen molar-refractivity contribution in [1.82, 2.24) is 10.2 Å². The molecule has 0 aromatic carbocycles. The molecule has 0 spiro atoms. The van der Waals surface area contributed by atoms with Crippen molar-refractivity contribution in [3.8, 4) is 0 Å². The van der Waals surface area contributed by atoms with Crippen LogP contribution in [0.25, 0.3) is 0 Å². The first-order chi connectivity index (χ1) is 6.75. The number of hydrogen-bond acceptors (Lipinski definition) is 3. The minimum Gasteiger partial charge on any atom is -0.368 e. The van der Waals surface area contributed by atoms with Crippen molar-refractivity contribution in [2.45, 2.75) is 32.2 Å². The Hall–Kier alpha value is -0.610. The normalized spacial score (nSPS) is 21.5. The summed E-state index contributed by atoms with van der Waals surface area (Å²) in [7, 11) is 0. The van der Waals surface area contributed by atoms with Crippen LogP contribution in [0.15, 0.2) is 0 Å². The molecular weight excluding hydrogens is 178 g/mol. The van der Waals surface area contributed by atoms with E-state index >= 15 is 0 Å². The van der Waals surface area contributed by atoms with E-state index in [1.807, 2.05) is 0 Å². The summed E-state index contributed by atoms with van der Waals surface area (Å²) in [5.41, 5.74) is 5.40. The minimum absolute atomic E-state index is 0.0556.